The Bertz CT molecular complexity index is 1190. The van der Waals surface area contributed by atoms with Crippen LogP contribution in [0.15, 0.2) is 72.8 Å². The van der Waals surface area contributed by atoms with Gasteiger partial charge in [-0.15, -0.1) is 0 Å². The number of anilines is 1. The highest BCUT2D eigenvalue weighted by Gasteiger charge is 2.24. The van der Waals surface area contributed by atoms with Crippen LogP contribution in [0, 0.1) is 5.92 Å². The molecule has 206 valence electrons. The topological polar surface area (TPSA) is 61.4 Å². The number of carbonyl (C=O) groups is 2. The Morgan fingerprint density at radius 3 is 2.03 bits per heavy atom. The van der Waals surface area contributed by atoms with Crippen molar-refractivity contribution in [3.05, 3.63) is 99.5 Å². The minimum absolute atomic E-state index is 0.0252. The van der Waals surface area contributed by atoms with Crippen LogP contribution < -0.4 is 10.6 Å². The monoisotopic (exact) mass is 565 g/mol. The highest BCUT2D eigenvalue weighted by molar-refractivity contribution is 6.30. The predicted molar refractivity (Wildman–Crippen MR) is 161 cm³/mol. The number of nitrogens with one attached hydrogen (secondary N) is 2. The van der Waals surface area contributed by atoms with E-state index in [0.717, 1.165) is 55.7 Å². The van der Waals surface area contributed by atoms with Gasteiger partial charge in [0.2, 0.25) is 11.8 Å². The van der Waals surface area contributed by atoms with Crippen LogP contribution in [0.1, 0.15) is 61.6 Å². The number of carbonyl (C=O) groups excluding carboxylic acids is 2. The van der Waals surface area contributed by atoms with Gasteiger partial charge in [0.1, 0.15) is 0 Å². The fourth-order valence-electron chi connectivity index (χ4n) is 5.07. The number of benzene rings is 3. The zero-order valence-electron chi connectivity index (χ0n) is 22.6. The van der Waals surface area contributed by atoms with Crippen LogP contribution in [0.2, 0.25) is 10.0 Å². The lowest BCUT2D eigenvalue weighted by Crippen LogP contribution is -2.36. The molecule has 39 heavy (non-hydrogen) atoms. The van der Waals surface area contributed by atoms with Crippen molar-refractivity contribution in [1.82, 2.24) is 10.2 Å². The van der Waals surface area contributed by atoms with Gasteiger partial charge in [0, 0.05) is 28.2 Å². The van der Waals surface area contributed by atoms with Gasteiger partial charge in [0.15, 0.2) is 0 Å². The van der Waals surface area contributed by atoms with E-state index in [1.165, 1.54) is 5.56 Å². The smallest absolute Gasteiger partial charge is 0.232 e. The molecule has 0 atom stereocenters. The molecule has 7 heteroatoms. The molecule has 3 aromatic carbocycles. The summed E-state index contributed by atoms with van der Waals surface area (Å²) in [6.45, 7) is 7.42. The molecular weight excluding hydrogens is 529 g/mol. The van der Waals surface area contributed by atoms with Crippen molar-refractivity contribution in [1.29, 1.82) is 0 Å². The van der Waals surface area contributed by atoms with E-state index in [2.05, 4.69) is 27.7 Å². The minimum atomic E-state index is -0.420. The van der Waals surface area contributed by atoms with Gasteiger partial charge in [0.05, 0.1) is 5.92 Å². The number of nitrogens with zero attached hydrogens (tertiary/aromatic N) is 1. The molecule has 3 aromatic rings. The second-order valence-electron chi connectivity index (χ2n) is 10.6. The lowest BCUT2D eigenvalue weighted by Gasteiger charge is -2.32. The van der Waals surface area contributed by atoms with E-state index in [-0.39, 0.29) is 17.7 Å². The number of hydrogen-bond donors (Lipinski definition) is 2. The summed E-state index contributed by atoms with van der Waals surface area (Å²) in [5, 5.41) is 7.44. The summed E-state index contributed by atoms with van der Waals surface area (Å²) in [6, 6.07) is 23.1. The normalized spacial score (nSPS) is 14.5. The Labute approximate surface area is 241 Å². The first-order chi connectivity index (χ1) is 18.8. The molecule has 1 fully saturated rings. The van der Waals surface area contributed by atoms with Crippen LogP contribution >= 0.6 is 23.2 Å². The van der Waals surface area contributed by atoms with E-state index in [4.69, 9.17) is 23.2 Å². The average Bonchev–Trinajstić information content (AvgIpc) is 2.94. The molecule has 1 heterocycles. The molecule has 0 aromatic heterocycles. The third kappa shape index (κ3) is 8.31. The number of rotatable bonds is 10. The van der Waals surface area contributed by atoms with Gasteiger partial charge < -0.3 is 15.5 Å². The lowest BCUT2D eigenvalue weighted by atomic mass is 9.89. The van der Waals surface area contributed by atoms with Crippen molar-refractivity contribution in [3.63, 3.8) is 0 Å². The third-order valence-corrected chi connectivity index (χ3v) is 7.86. The largest absolute Gasteiger partial charge is 0.355 e. The Hall–Kier alpha value is -2.86. The summed E-state index contributed by atoms with van der Waals surface area (Å²) in [6.07, 6.45) is 3.06. The van der Waals surface area contributed by atoms with Crippen molar-refractivity contribution < 1.29 is 9.59 Å². The summed E-state index contributed by atoms with van der Waals surface area (Å²) in [7, 11) is 0. The summed E-state index contributed by atoms with van der Waals surface area (Å²) in [5.74, 6) is 0.0552. The average molecular weight is 567 g/mol. The second kappa shape index (κ2) is 14.0. The van der Waals surface area contributed by atoms with Crippen molar-refractivity contribution in [2.75, 3.05) is 31.5 Å². The predicted octanol–water partition coefficient (Wildman–Crippen LogP) is 7.11. The van der Waals surface area contributed by atoms with Crippen LogP contribution in [-0.2, 0) is 9.59 Å². The number of halogens is 2. The fourth-order valence-corrected chi connectivity index (χ4v) is 5.32. The molecule has 0 radical (unpaired) electrons. The number of amides is 2. The maximum absolute atomic E-state index is 13.3. The fraction of sp³-hybridized carbons (Fsp3) is 0.375. The molecule has 0 saturated carbocycles. The second-order valence-corrected chi connectivity index (χ2v) is 11.4. The van der Waals surface area contributed by atoms with Crippen LogP contribution in [0.25, 0.3) is 0 Å². The highest BCUT2D eigenvalue weighted by atomic mass is 35.5. The van der Waals surface area contributed by atoms with Crippen LogP contribution in [0.5, 0.6) is 0 Å². The minimum Gasteiger partial charge on any atom is -0.355 e. The molecule has 0 bridgehead atoms. The molecular formula is C32H37Cl2N3O2. The number of hydrogen-bond acceptors (Lipinski definition) is 3. The molecule has 0 unspecified atom stereocenters. The molecule has 1 aliphatic heterocycles. The molecule has 0 aliphatic carbocycles. The maximum atomic E-state index is 13.3. The van der Waals surface area contributed by atoms with Crippen LogP contribution in [0.3, 0.4) is 0 Å². The zero-order chi connectivity index (χ0) is 27.8. The Morgan fingerprint density at radius 2 is 1.46 bits per heavy atom. The van der Waals surface area contributed by atoms with E-state index in [1.54, 1.807) is 0 Å². The first-order valence-corrected chi connectivity index (χ1v) is 14.5. The van der Waals surface area contributed by atoms with Crippen molar-refractivity contribution in [2.45, 2.75) is 44.9 Å². The van der Waals surface area contributed by atoms with Gasteiger partial charge in [-0.1, -0.05) is 73.4 Å². The van der Waals surface area contributed by atoms with E-state index in [0.29, 0.717) is 22.5 Å². The van der Waals surface area contributed by atoms with E-state index < -0.39 is 5.92 Å². The molecule has 1 aliphatic rings. The Morgan fingerprint density at radius 1 is 0.872 bits per heavy atom. The molecule has 0 spiro atoms. The van der Waals surface area contributed by atoms with Crippen LogP contribution in [0.4, 0.5) is 5.69 Å². The van der Waals surface area contributed by atoms with E-state index in [9.17, 15) is 9.59 Å². The van der Waals surface area contributed by atoms with Gasteiger partial charge in [-0.2, -0.15) is 0 Å². The quantitative estimate of drug-likeness (QED) is 0.257. The lowest BCUT2D eigenvalue weighted by molar-refractivity contribution is -0.121. The summed E-state index contributed by atoms with van der Waals surface area (Å²) in [5.41, 5.74) is 3.96. The number of piperidine rings is 1. The third-order valence-electron chi connectivity index (χ3n) is 7.36. The first kappa shape index (κ1) is 29.1. The summed E-state index contributed by atoms with van der Waals surface area (Å²) in [4.78, 5) is 27.8. The summed E-state index contributed by atoms with van der Waals surface area (Å²) >= 11 is 12.2. The van der Waals surface area contributed by atoms with Crippen molar-refractivity contribution >= 4 is 40.7 Å². The first-order valence-electron chi connectivity index (χ1n) is 13.7. The van der Waals surface area contributed by atoms with Gasteiger partial charge in [-0.3, -0.25) is 9.59 Å². The van der Waals surface area contributed by atoms with E-state index in [1.807, 2.05) is 74.5 Å². The van der Waals surface area contributed by atoms with Gasteiger partial charge >= 0.3 is 0 Å². The molecule has 2 N–H and O–H groups in total. The molecule has 4 rings (SSSR count). The SMILES string of the molecule is CC(C)C(=O)Nc1cccc(C2CCN(CCCNC(=O)C(c3ccc(Cl)cc3)c3ccc(Cl)cc3)CC2)c1. The van der Waals surface area contributed by atoms with Crippen molar-refractivity contribution in [3.8, 4) is 0 Å². The molecule has 1 saturated heterocycles. The van der Waals surface area contributed by atoms with Crippen LogP contribution in [-0.4, -0.2) is 42.9 Å². The zero-order valence-corrected chi connectivity index (χ0v) is 24.1. The van der Waals surface area contributed by atoms with Gasteiger partial charge in [-0.05, 0) is 97.9 Å². The molecule has 5 nitrogen and oxygen atoms in total. The standard InChI is InChI=1S/C32H37Cl2N3O2/c1-22(2)31(38)36-29-6-3-5-26(21-29)23-15-19-37(20-16-23)18-4-17-35-32(39)30(24-7-11-27(33)12-8-24)25-9-13-28(34)14-10-25/h3,5-14,21-23,30H,4,15-20H2,1-2H3,(H,35,39)(H,36,38). The molecule has 2 amide bonds. The Balaban J connectivity index is 1.25. The van der Waals surface area contributed by atoms with Gasteiger partial charge in [-0.25, -0.2) is 0 Å². The van der Waals surface area contributed by atoms with Gasteiger partial charge in [0.25, 0.3) is 0 Å². The van der Waals surface area contributed by atoms with E-state index >= 15 is 0 Å². The summed E-state index contributed by atoms with van der Waals surface area (Å²) < 4.78 is 0. The number of likely N-dealkylation sites (tertiary alicyclic amines) is 1. The highest BCUT2D eigenvalue weighted by Crippen LogP contribution is 2.30. The Kier molecular flexibility index (Phi) is 10.4. The maximum Gasteiger partial charge on any atom is 0.232 e. The van der Waals surface area contributed by atoms with Crippen molar-refractivity contribution in [2.24, 2.45) is 5.92 Å².